The molecule has 7 heteroatoms. The van der Waals surface area contributed by atoms with Crippen molar-refractivity contribution in [3.63, 3.8) is 0 Å². The van der Waals surface area contributed by atoms with E-state index in [1.807, 2.05) is 6.07 Å². The van der Waals surface area contributed by atoms with Crippen LogP contribution in [0.15, 0.2) is 16.5 Å². The maximum absolute atomic E-state index is 12.0. The Morgan fingerprint density at radius 1 is 1.44 bits per heavy atom. The molecule has 0 saturated carbocycles. The molecule has 2 heterocycles. The van der Waals surface area contributed by atoms with E-state index in [0.717, 1.165) is 0 Å². The molecule has 1 amide bonds. The van der Waals surface area contributed by atoms with Gasteiger partial charge in [-0.3, -0.25) is 4.79 Å². The summed E-state index contributed by atoms with van der Waals surface area (Å²) in [4.78, 5) is 24.0. The van der Waals surface area contributed by atoms with Crippen LogP contribution >= 0.6 is 0 Å². The van der Waals surface area contributed by atoms with E-state index in [1.54, 1.807) is 0 Å². The Labute approximate surface area is 102 Å². The van der Waals surface area contributed by atoms with Crippen LogP contribution in [0.3, 0.4) is 0 Å². The molecular formula is C11H10N2O5. The predicted molar refractivity (Wildman–Crippen MR) is 56.9 cm³/mol. The highest BCUT2D eigenvalue weighted by atomic mass is 16.5. The van der Waals surface area contributed by atoms with E-state index in [1.165, 1.54) is 17.0 Å². The van der Waals surface area contributed by atoms with Gasteiger partial charge in [-0.1, -0.05) is 0 Å². The van der Waals surface area contributed by atoms with Crippen LogP contribution in [0, 0.1) is 11.3 Å². The summed E-state index contributed by atoms with van der Waals surface area (Å²) in [6.45, 7) is 0.773. The van der Waals surface area contributed by atoms with Gasteiger partial charge in [0.05, 0.1) is 19.2 Å². The second kappa shape index (κ2) is 4.89. The Kier molecular flexibility index (Phi) is 3.30. The lowest BCUT2D eigenvalue weighted by molar-refractivity contribution is 0.00203. The number of nitriles is 1. The zero-order valence-electron chi connectivity index (χ0n) is 9.33. The number of carboxylic acids is 1. The smallest absolute Gasteiger partial charge is 0.371 e. The molecule has 1 N–H and O–H groups in total. The van der Waals surface area contributed by atoms with E-state index >= 15 is 0 Å². The number of carbonyl (C=O) groups is 2. The lowest BCUT2D eigenvalue weighted by Gasteiger charge is -2.28. The SMILES string of the molecule is N#CC1CN(C(=O)c2ccc(C(=O)O)o2)CCO1. The van der Waals surface area contributed by atoms with Gasteiger partial charge in [-0.25, -0.2) is 4.79 Å². The molecule has 1 unspecified atom stereocenters. The normalized spacial score (nSPS) is 19.3. The Balaban J connectivity index is 2.10. The van der Waals surface area contributed by atoms with Crippen LogP contribution < -0.4 is 0 Å². The molecule has 1 aliphatic rings. The van der Waals surface area contributed by atoms with Gasteiger partial charge < -0.3 is 19.2 Å². The summed E-state index contributed by atoms with van der Waals surface area (Å²) in [5.74, 6) is -2.01. The number of rotatable bonds is 2. The highest BCUT2D eigenvalue weighted by molar-refractivity contribution is 5.93. The van der Waals surface area contributed by atoms with Crippen LogP contribution in [-0.4, -0.2) is 47.7 Å². The van der Waals surface area contributed by atoms with E-state index in [0.29, 0.717) is 6.54 Å². The number of amides is 1. The van der Waals surface area contributed by atoms with E-state index in [-0.39, 0.29) is 24.7 Å². The highest BCUT2D eigenvalue weighted by Gasteiger charge is 2.27. The first-order chi connectivity index (χ1) is 8.61. The Bertz CT molecular complexity index is 516. The van der Waals surface area contributed by atoms with Gasteiger partial charge in [-0.2, -0.15) is 5.26 Å². The lowest BCUT2D eigenvalue weighted by Crippen LogP contribution is -2.45. The van der Waals surface area contributed by atoms with Gasteiger partial charge in [0.2, 0.25) is 5.76 Å². The van der Waals surface area contributed by atoms with Crippen molar-refractivity contribution in [1.82, 2.24) is 4.90 Å². The second-order valence-corrected chi connectivity index (χ2v) is 3.71. The number of carbonyl (C=O) groups excluding carboxylic acids is 1. The van der Waals surface area contributed by atoms with Crippen LogP contribution in [0.2, 0.25) is 0 Å². The number of nitrogens with zero attached hydrogens (tertiary/aromatic N) is 2. The zero-order valence-corrected chi connectivity index (χ0v) is 9.33. The Hall–Kier alpha value is -2.33. The highest BCUT2D eigenvalue weighted by Crippen LogP contribution is 2.13. The standard InChI is InChI=1S/C11H10N2O5/c12-5-7-6-13(3-4-17-7)10(14)8-1-2-9(18-8)11(15)16/h1-2,7H,3-4,6H2,(H,15,16). The van der Waals surface area contributed by atoms with Crippen molar-refractivity contribution in [2.75, 3.05) is 19.7 Å². The molecule has 1 aliphatic heterocycles. The summed E-state index contributed by atoms with van der Waals surface area (Å²) in [7, 11) is 0. The van der Waals surface area contributed by atoms with Crippen molar-refractivity contribution in [3.8, 4) is 6.07 Å². The van der Waals surface area contributed by atoms with Crippen molar-refractivity contribution in [2.45, 2.75) is 6.10 Å². The molecule has 0 spiro atoms. The van der Waals surface area contributed by atoms with E-state index in [4.69, 9.17) is 19.5 Å². The topological polar surface area (TPSA) is 104 Å². The average molecular weight is 250 g/mol. The van der Waals surface area contributed by atoms with Gasteiger partial charge in [0.25, 0.3) is 5.91 Å². The van der Waals surface area contributed by atoms with E-state index in [9.17, 15) is 9.59 Å². The molecule has 0 aliphatic carbocycles. The Morgan fingerprint density at radius 3 is 2.78 bits per heavy atom. The molecule has 18 heavy (non-hydrogen) atoms. The van der Waals surface area contributed by atoms with Gasteiger partial charge in [0.1, 0.15) is 0 Å². The summed E-state index contributed by atoms with van der Waals surface area (Å²) >= 11 is 0. The Morgan fingerprint density at radius 2 is 2.17 bits per heavy atom. The van der Waals surface area contributed by atoms with Gasteiger partial charge in [-0.15, -0.1) is 0 Å². The molecule has 1 aromatic rings. The van der Waals surface area contributed by atoms with Crippen molar-refractivity contribution in [2.24, 2.45) is 0 Å². The van der Waals surface area contributed by atoms with Gasteiger partial charge >= 0.3 is 5.97 Å². The minimum atomic E-state index is -1.23. The molecule has 7 nitrogen and oxygen atoms in total. The fourth-order valence-electron chi connectivity index (χ4n) is 1.64. The van der Waals surface area contributed by atoms with Gasteiger partial charge in [0, 0.05) is 6.54 Å². The number of carboxylic acid groups (broad SMARTS) is 1. The molecule has 94 valence electrons. The van der Waals surface area contributed by atoms with Crippen molar-refractivity contribution in [1.29, 1.82) is 5.26 Å². The second-order valence-electron chi connectivity index (χ2n) is 3.71. The maximum Gasteiger partial charge on any atom is 0.371 e. The summed E-state index contributed by atoms with van der Waals surface area (Å²) in [5, 5.41) is 17.4. The number of aromatic carboxylic acids is 1. The molecule has 0 radical (unpaired) electrons. The largest absolute Gasteiger partial charge is 0.475 e. The molecule has 1 aromatic heterocycles. The summed E-state index contributed by atoms with van der Waals surface area (Å²) in [6.07, 6.45) is -0.656. The third-order valence-corrected chi connectivity index (χ3v) is 2.53. The number of hydrogen-bond acceptors (Lipinski definition) is 5. The molecule has 0 bridgehead atoms. The molecule has 0 aromatic carbocycles. The van der Waals surface area contributed by atoms with Crippen LogP contribution in [0.25, 0.3) is 0 Å². The minimum absolute atomic E-state index is 0.0500. The van der Waals surface area contributed by atoms with Gasteiger partial charge in [-0.05, 0) is 12.1 Å². The number of ether oxygens (including phenoxy) is 1. The molecule has 1 fully saturated rings. The van der Waals surface area contributed by atoms with Crippen LogP contribution in [0.4, 0.5) is 0 Å². The lowest BCUT2D eigenvalue weighted by atomic mass is 10.2. The molecular weight excluding hydrogens is 240 g/mol. The van der Waals surface area contributed by atoms with Crippen molar-refractivity contribution >= 4 is 11.9 Å². The fourth-order valence-corrected chi connectivity index (χ4v) is 1.64. The first kappa shape index (κ1) is 12.1. The summed E-state index contributed by atoms with van der Waals surface area (Å²) in [6, 6.07) is 4.45. The third kappa shape index (κ3) is 2.33. The number of morpholine rings is 1. The maximum atomic E-state index is 12.0. The number of furan rings is 1. The molecule has 2 rings (SSSR count). The first-order valence-electron chi connectivity index (χ1n) is 5.25. The van der Waals surface area contributed by atoms with Crippen LogP contribution in [0.1, 0.15) is 21.1 Å². The zero-order chi connectivity index (χ0) is 13.1. The van der Waals surface area contributed by atoms with E-state index in [2.05, 4.69) is 0 Å². The number of hydrogen-bond donors (Lipinski definition) is 1. The molecule has 1 atom stereocenters. The van der Waals surface area contributed by atoms with Crippen LogP contribution in [-0.2, 0) is 4.74 Å². The fraction of sp³-hybridized carbons (Fsp3) is 0.364. The summed E-state index contributed by atoms with van der Waals surface area (Å²) in [5.41, 5.74) is 0. The predicted octanol–water partition coefficient (Wildman–Crippen LogP) is 0.342. The monoisotopic (exact) mass is 250 g/mol. The van der Waals surface area contributed by atoms with Gasteiger partial charge in [0.15, 0.2) is 11.9 Å². The summed E-state index contributed by atoms with van der Waals surface area (Å²) < 4.78 is 10.0. The quantitative estimate of drug-likeness (QED) is 0.811. The van der Waals surface area contributed by atoms with E-state index < -0.39 is 18.0 Å². The van der Waals surface area contributed by atoms with Crippen molar-refractivity contribution in [3.05, 3.63) is 23.7 Å². The van der Waals surface area contributed by atoms with Crippen molar-refractivity contribution < 1.29 is 23.8 Å². The minimum Gasteiger partial charge on any atom is -0.475 e. The first-order valence-corrected chi connectivity index (χ1v) is 5.25. The third-order valence-electron chi connectivity index (χ3n) is 2.53. The molecule has 1 saturated heterocycles. The average Bonchev–Trinajstić information content (AvgIpc) is 2.87. The van der Waals surface area contributed by atoms with Crippen LogP contribution in [0.5, 0.6) is 0 Å².